The van der Waals surface area contributed by atoms with E-state index < -0.39 is 5.97 Å². The molecule has 0 atom stereocenters. The molecular weight excluding hydrogens is 252 g/mol. The van der Waals surface area contributed by atoms with Crippen LogP contribution in [-0.4, -0.2) is 23.8 Å². The van der Waals surface area contributed by atoms with Crippen molar-refractivity contribution in [3.8, 4) is 0 Å². The average Bonchev–Trinajstić information content (AvgIpc) is 3.16. The second-order valence-electron chi connectivity index (χ2n) is 6.54. The zero-order valence-electron chi connectivity index (χ0n) is 12.6. The van der Waals surface area contributed by atoms with E-state index in [2.05, 4.69) is 24.3 Å². The number of aliphatic carboxylic acids is 1. The highest BCUT2D eigenvalue weighted by Crippen LogP contribution is 2.42. The number of aryl methyl sites for hydroxylation is 1. The van der Waals surface area contributed by atoms with E-state index in [4.69, 9.17) is 9.84 Å². The predicted molar refractivity (Wildman–Crippen MR) is 79.0 cm³/mol. The van der Waals surface area contributed by atoms with Gasteiger partial charge in [-0.05, 0) is 36.8 Å². The fourth-order valence-corrected chi connectivity index (χ4v) is 2.67. The van der Waals surface area contributed by atoms with Crippen molar-refractivity contribution in [1.82, 2.24) is 0 Å². The van der Waals surface area contributed by atoms with E-state index in [1.807, 2.05) is 13.8 Å². The van der Waals surface area contributed by atoms with Crippen molar-refractivity contribution in [3.63, 3.8) is 0 Å². The van der Waals surface area contributed by atoms with E-state index in [0.717, 1.165) is 18.4 Å². The third-order valence-electron chi connectivity index (χ3n) is 4.44. The summed E-state index contributed by atoms with van der Waals surface area (Å²) in [6, 6.07) is 8.35. The highest BCUT2D eigenvalue weighted by molar-refractivity contribution is 5.68. The lowest BCUT2D eigenvalue weighted by Gasteiger charge is -2.23. The number of carboxylic acid groups (broad SMARTS) is 1. The molecule has 110 valence electrons. The molecule has 1 N–H and O–H groups in total. The Balaban J connectivity index is 1.97. The molecule has 0 aromatic heterocycles. The van der Waals surface area contributed by atoms with Gasteiger partial charge in [0.2, 0.25) is 0 Å². The SMILES string of the molecule is COC1(CCc2ccc(C(C)(C)CC(=O)O)cc2)CC1. The number of hydrogen-bond acceptors (Lipinski definition) is 2. The highest BCUT2D eigenvalue weighted by Gasteiger charge is 2.42. The molecule has 1 aliphatic carbocycles. The van der Waals surface area contributed by atoms with Gasteiger partial charge in [0.15, 0.2) is 0 Å². The molecule has 0 saturated heterocycles. The normalized spacial score (nSPS) is 16.9. The van der Waals surface area contributed by atoms with Crippen molar-refractivity contribution in [2.75, 3.05) is 7.11 Å². The largest absolute Gasteiger partial charge is 0.481 e. The Bertz CT molecular complexity index is 470. The van der Waals surface area contributed by atoms with Crippen LogP contribution in [0.2, 0.25) is 0 Å². The van der Waals surface area contributed by atoms with Crippen molar-refractivity contribution < 1.29 is 14.6 Å². The third kappa shape index (κ3) is 3.60. The maximum absolute atomic E-state index is 10.9. The van der Waals surface area contributed by atoms with Gasteiger partial charge in [0.25, 0.3) is 0 Å². The molecule has 1 saturated carbocycles. The van der Waals surface area contributed by atoms with E-state index in [0.29, 0.717) is 0 Å². The smallest absolute Gasteiger partial charge is 0.304 e. The van der Waals surface area contributed by atoms with Crippen LogP contribution in [0.25, 0.3) is 0 Å². The van der Waals surface area contributed by atoms with E-state index in [1.165, 1.54) is 18.4 Å². The predicted octanol–water partition coefficient (Wildman–Crippen LogP) is 3.55. The lowest BCUT2D eigenvalue weighted by Crippen LogP contribution is -2.21. The van der Waals surface area contributed by atoms with Gasteiger partial charge in [-0.25, -0.2) is 0 Å². The molecule has 1 aromatic rings. The van der Waals surface area contributed by atoms with Gasteiger partial charge < -0.3 is 9.84 Å². The zero-order valence-corrected chi connectivity index (χ0v) is 12.6. The van der Waals surface area contributed by atoms with E-state index >= 15 is 0 Å². The van der Waals surface area contributed by atoms with Crippen LogP contribution >= 0.6 is 0 Å². The number of carbonyl (C=O) groups is 1. The van der Waals surface area contributed by atoms with Gasteiger partial charge in [-0.1, -0.05) is 38.1 Å². The van der Waals surface area contributed by atoms with Crippen LogP contribution in [0.4, 0.5) is 0 Å². The monoisotopic (exact) mass is 276 g/mol. The zero-order chi connectivity index (χ0) is 14.8. The summed E-state index contributed by atoms with van der Waals surface area (Å²) >= 11 is 0. The quantitative estimate of drug-likeness (QED) is 0.828. The fraction of sp³-hybridized carbons (Fsp3) is 0.588. The summed E-state index contributed by atoms with van der Waals surface area (Å²) in [4.78, 5) is 10.9. The summed E-state index contributed by atoms with van der Waals surface area (Å²) in [6.07, 6.45) is 4.59. The molecule has 0 bridgehead atoms. The van der Waals surface area contributed by atoms with Crippen LogP contribution in [0.15, 0.2) is 24.3 Å². The molecule has 0 aliphatic heterocycles. The molecule has 0 unspecified atom stereocenters. The van der Waals surface area contributed by atoms with Gasteiger partial charge in [-0.2, -0.15) is 0 Å². The minimum Gasteiger partial charge on any atom is -0.481 e. The van der Waals surface area contributed by atoms with Crippen LogP contribution in [0.5, 0.6) is 0 Å². The molecule has 3 nitrogen and oxygen atoms in total. The molecule has 1 aliphatic rings. The van der Waals surface area contributed by atoms with Gasteiger partial charge in [-0.15, -0.1) is 0 Å². The van der Waals surface area contributed by atoms with Crippen molar-refractivity contribution in [2.45, 2.75) is 57.0 Å². The van der Waals surface area contributed by atoms with Crippen molar-refractivity contribution >= 4 is 5.97 Å². The van der Waals surface area contributed by atoms with Crippen LogP contribution in [0.1, 0.15) is 50.7 Å². The minimum atomic E-state index is -0.755. The second-order valence-corrected chi connectivity index (χ2v) is 6.54. The van der Waals surface area contributed by atoms with Crippen molar-refractivity contribution in [2.24, 2.45) is 0 Å². The number of rotatable bonds is 7. The Morgan fingerprint density at radius 1 is 1.30 bits per heavy atom. The first kappa shape index (κ1) is 15.0. The first-order valence-corrected chi connectivity index (χ1v) is 7.23. The van der Waals surface area contributed by atoms with Crippen LogP contribution in [0.3, 0.4) is 0 Å². The average molecular weight is 276 g/mol. The molecular formula is C17H24O3. The summed E-state index contributed by atoms with van der Waals surface area (Å²) in [5.41, 5.74) is 2.19. The standard InChI is InChI=1S/C17H24O3/c1-16(2,12-15(18)19)14-6-4-13(5-7-14)8-9-17(20-3)10-11-17/h4-7H,8-12H2,1-3H3,(H,18,19). The molecule has 20 heavy (non-hydrogen) atoms. The first-order valence-electron chi connectivity index (χ1n) is 7.23. The number of methoxy groups -OCH3 is 1. The summed E-state index contributed by atoms with van der Waals surface area (Å²) in [7, 11) is 1.80. The topological polar surface area (TPSA) is 46.5 Å². The molecule has 0 heterocycles. The lowest BCUT2D eigenvalue weighted by atomic mass is 9.81. The Hall–Kier alpha value is -1.35. The molecule has 1 fully saturated rings. The number of benzene rings is 1. The molecule has 1 aromatic carbocycles. The van der Waals surface area contributed by atoms with E-state index in [1.54, 1.807) is 7.11 Å². The van der Waals surface area contributed by atoms with Gasteiger partial charge >= 0.3 is 5.97 Å². The molecule has 0 radical (unpaired) electrons. The van der Waals surface area contributed by atoms with Crippen LogP contribution in [-0.2, 0) is 21.4 Å². The first-order chi connectivity index (χ1) is 9.37. The Morgan fingerprint density at radius 3 is 2.35 bits per heavy atom. The van der Waals surface area contributed by atoms with Gasteiger partial charge in [0, 0.05) is 12.5 Å². The van der Waals surface area contributed by atoms with Crippen LogP contribution < -0.4 is 0 Å². The number of carboxylic acids is 1. The summed E-state index contributed by atoms with van der Waals surface area (Å²) < 4.78 is 5.53. The second kappa shape index (κ2) is 5.57. The molecule has 2 rings (SSSR count). The molecule has 3 heteroatoms. The van der Waals surface area contributed by atoms with E-state index in [-0.39, 0.29) is 17.4 Å². The maximum atomic E-state index is 10.9. The van der Waals surface area contributed by atoms with E-state index in [9.17, 15) is 4.79 Å². The number of hydrogen-bond donors (Lipinski definition) is 1. The lowest BCUT2D eigenvalue weighted by molar-refractivity contribution is -0.138. The van der Waals surface area contributed by atoms with Gasteiger partial charge in [0.1, 0.15) is 0 Å². The fourth-order valence-electron chi connectivity index (χ4n) is 2.67. The third-order valence-corrected chi connectivity index (χ3v) is 4.44. The van der Waals surface area contributed by atoms with Gasteiger partial charge in [0.05, 0.1) is 12.0 Å². The Labute approximate surface area is 121 Å². The summed E-state index contributed by atoms with van der Waals surface area (Å²) in [5, 5.41) is 8.96. The molecule has 0 spiro atoms. The van der Waals surface area contributed by atoms with Crippen LogP contribution in [0, 0.1) is 0 Å². The summed E-state index contributed by atoms with van der Waals surface area (Å²) in [5.74, 6) is -0.755. The van der Waals surface area contributed by atoms with Gasteiger partial charge in [-0.3, -0.25) is 4.79 Å². The minimum absolute atomic E-state index is 0.140. The Morgan fingerprint density at radius 2 is 1.90 bits per heavy atom. The maximum Gasteiger partial charge on any atom is 0.304 e. The van der Waals surface area contributed by atoms with Crippen molar-refractivity contribution in [3.05, 3.63) is 35.4 Å². The Kier molecular flexibility index (Phi) is 4.19. The number of ether oxygens (including phenoxy) is 1. The van der Waals surface area contributed by atoms with Crippen molar-refractivity contribution in [1.29, 1.82) is 0 Å². The summed E-state index contributed by atoms with van der Waals surface area (Å²) in [6.45, 7) is 3.94. The highest BCUT2D eigenvalue weighted by atomic mass is 16.5. The molecule has 0 amide bonds.